The van der Waals surface area contributed by atoms with Gasteiger partial charge in [0, 0.05) is 50.9 Å². The van der Waals surface area contributed by atoms with Crippen molar-refractivity contribution in [1.29, 1.82) is 0 Å². The van der Waals surface area contributed by atoms with Gasteiger partial charge in [-0.1, -0.05) is 37.3 Å². The van der Waals surface area contributed by atoms with Gasteiger partial charge in [0.05, 0.1) is 5.92 Å². The summed E-state index contributed by atoms with van der Waals surface area (Å²) in [5, 5.41) is 3.46. The lowest BCUT2D eigenvalue weighted by molar-refractivity contribution is -0.162. The van der Waals surface area contributed by atoms with Gasteiger partial charge in [-0.05, 0) is 68.2 Å². The van der Waals surface area contributed by atoms with Crippen LogP contribution in [0.5, 0.6) is 0 Å². The molecule has 214 valence electrons. The summed E-state index contributed by atoms with van der Waals surface area (Å²) < 4.78 is 38.4. The second-order valence-electron chi connectivity index (χ2n) is 12.2. The smallest absolute Gasteiger partial charge is 0.342 e. The van der Waals surface area contributed by atoms with Gasteiger partial charge in [0.1, 0.15) is 6.42 Å². The minimum Gasteiger partial charge on any atom is -0.342 e. The summed E-state index contributed by atoms with van der Waals surface area (Å²) in [7, 11) is 0. The Kier molecular flexibility index (Phi) is 8.11. The molecule has 3 fully saturated rings. The van der Waals surface area contributed by atoms with E-state index in [1.807, 2.05) is 23.1 Å². The number of halogens is 3. The highest BCUT2D eigenvalue weighted by atomic mass is 19.4. The van der Waals surface area contributed by atoms with Crippen LogP contribution in [0.4, 0.5) is 13.2 Å². The van der Waals surface area contributed by atoms with Crippen molar-refractivity contribution in [3.05, 3.63) is 47.7 Å². The summed E-state index contributed by atoms with van der Waals surface area (Å²) in [6.45, 7) is 9.37. The standard InChI is InChI=1S/C30H41F3N4O2/c1-21-8-12-34-22(2)27(21)28(39)37-19-23-17-35(18-24(23)20-37)13-9-29(25-6-4-3-5-7-25)10-14-36(15-11-29)26(38)16-30(31,32)33/h3-7,19,21-22,24,27,34H,8-18,20H2,1-2H3. The molecule has 4 unspecified atom stereocenters. The van der Waals surface area contributed by atoms with Gasteiger partial charge < -0.3 is 15.1 Å². The Labute approximate surface area is 229 Å². The predicted molar refractivity (Wildman–Crippen MR) is 144 cm³/mol. The number of benzene rings is 1. The average Bonchev–Trinajstić information content (AvgIpc) is 3.46. The summed E-state index contributed by atoms with van der Waals surface area (Å²) >= 11 is 0. The van der Waals surface area contributed by atoms with Gasteiger partial charge in [0.2, 0.25) is 11.8 Å². The third kappa shape index (κ3) is 6.19. The topological polar surface area (TPSA) is 55.9 Å². The molecule has 1 aromatic rings. The molecule has 6 nitrogen and oxygen atoms in total. The van der Waals surface area contributed by atoms with E-state index < -0.39 is 18.5 Å². The van der Waals surface area contributed by atoms with Crippen molar-refractivity contribution in [3.63, 3.8) is 0 Å². The first kappa shape index (κ1) is 28.1. The molecule has 0 saturated carbocycles. The Morgan fingerprint density at radius 1 is 1.08 bits per heavy atom. The van der Waals surface area contributed by atoms with Crippen LogP contribution in [0.1, 0.15) is 51.5 Å². The molecule has 0 spiro atoms. The third-order valence-corrected chi connectivity index (χ3v) is 9.65. The molecule has 1 N–H and O–H groups in total. The molecule has 0 radical (unpaired) electrons. The normalized spacial score (nSPS) is 29.3. The monoisotopic (exact) mass is 546 g/mol. The number of nitrogens with one attached hydrogen (secondary N) is 1. The summed E-state index contributed by atoms with van der Waals surface area (Å²) in [6, 6.07) is 10.4. The maximum absolute atomic E-state index is 13.4. The first-order valence-corrected chi connectivity index (χ1v) is 14.4. The molecule has 4 aliphatic rings. The van der Waals surface area contributed by atoms with Crippen molar-refractivity contribution >= 4 is 11.8 Å². The number of piperidine rings is 2. The van der Waals surface area contributed by atoms with Crippen LogP contribution in [-0.4, -0.2) is 84.5 Å². The Morgan fingerprint density at radius 2 is 1.79 bits per heavy atom. The molecule has 4 aliphatic heterocycles. The number of nitrogens with zero attached hydrogens (tertiary/aromatic N) is 3. The molecular formula is C30H41F3N4O2. The highest BCUT2D eigenvalue weighted by Gasteiger charge is 2.43. The van der Waals surface area contributed by atoms with Crippen molar-refractivity contribution in [2.24, 2.45) is 17.8 Å². The quantitative estimate of drug-likeness (QED) is 0.582. The largest absolute Gasteiger partial charge is 0.397 e. The van der Waals surface area contributed by atoms with E-state index in [2.05, 4.69) is 42.4 Å². The van der Waals surface area contributed by atoms with Crippen LogP contribution in [0.3, 0.4) is 0 Å². The van der Waals surface area contributed by atoms with Crippen LogP contribution < -0.4 is 5.32 Å². The molecule has 4 atom stereocenters. The number of hydrogen-bond donors (Lipinski definition) is 1. The van der Waals surface area contributed by atoms with Crippen molar-refractivity contribution in [3.8, 4) is 0 Å². The number of amides is 2. The molecule has 3 saturated heterocycles. The average molecular weight is 547 g/mol. The van der Waals surface area contributed by atoms with E-state index in [0.29, 0.717) is 37.8 Å². The van der Waals surface area contributed by atoms with Crippen molar-refractivity contribution in [1.82, 2.24) is 20.0 Å². The van der Waals surface area contributed by atoms with Crippen LogP contribution in [0.2, 0.25) is 0 Å². The number of rotatable bonds is 6. The number of carbonyl (C=O) groups is 2. The maximum Gasteiger partial charge on any atom is 0.397 e. The van der Waals surface area contributed by atoms with E-state index in [9.17, 15) is 22.8 Å². The minimum absolute atomic E-state index is 0.0186. The molecule has 0 aromatic heterocycles. The fourth-order valence-corrected chi connectivity index (χ4v) is 7.32. The molecule has 4 heterocycles. The van der Waals surface area contributed by atoms with Gasteiger partial charge in [-0.2, -0.15) is 13.2 Å². The lowest BCUT2D eigenvalue weighted by Crippen LogP contribution is -2.50. The third-order valence-electron chi connectivity index (χ3n) is 9.65. The van der Waals surface area contributed by atoms with E-state index in [1.165, 1.54) is 16.0 Å². The number of hydrogen-bond acceptors (Lipinski definition) is 4. The van der Waals surface area contributed by atoms with Crippen LogP contribution >= 0.6 is 0 Å². The SMILES string of the molecule is CC1CCNC(C)C1C(=O)N1C=C2CN(CCC3(c4ccccc4)CCN(C(=O)CC(F)(F)F)CC3)CC2C1. The molecule has 0 aliphatic carbocycles. The molecule has 2 amide bonds. The molecule has 39 heavy (non-hydrogen) atoms. The second-order valence-corrected chi connectivity index (χ2v) is 12.2. The fraction of sp³-hybridized carbons (Fsp3) is 0.667. The van der Waals surface area contributed by atoms with Crippen LogP contribution in [0, 0.1) is 17.8 Å². The van der Waals surface area contributed by atoms with Gasteiger partial charge >= 0.3 is 6.18 Å². The molecule has 1 aromatic carbocycles. The van der Waals surface area contributed by atoms with E-state index >= 15 is 0 Å². The Bertz CT molecular complexity index is 1060. The van der Waals surface area contributed by atoms with Crippen LogP contribution in [0.15, 0.2) is 42.1 Å². The molecule has 9 heteroatoms. The van der Waals surface area contributed by atoms with Crippen molar-refractivity contribution < 1.29 is 22.8 Å². The Balaban J connectivity index is 1.20. The van der Waals surface area contributed by atoms with E-state index in [0.717, 1.165) is 45.6 Å². The summed E-state index contributed by atoms with van der Waals surface area (Å²) in [6.07, 6.45) is -0.521. The minimum atomic E-state index is -4.47. The Hall–Kier alpha value is -2.39. The summed E-state index contributed by atoms with van der Waals surface area (Å²) in [5.74, 6) is 0.185. The van der Waals surface area contributed by atoms with Gasteiger partial charge in [-0.25, -0.2) is 0 Å². The van der Waals surface area contributed by atoms with E-state index in [1.54, 1.807) is 0 Å². The number of carbonyl (C=O) groups excluding carboxylic acids is 2. The molecular weight excluding hydrogens is 505 g/mol. The first-order chi connectivity index (χ1) is 18.5. The zero-order valence-electron chi connectivity index (χ0n) is 23.1. The van der Waals surface area contributed by atoms with E-state index in [-0.39, 0.29) is 23.3 Å². The fourth-order valence-electron chi connectivity index (χ4n) is 7.32. The number of likely N-dealkylation sites (tertiary alicyclic amines) is 2. The van der Waals surface area contributed by atoms with Crippen molar-refractivity contribution in [2.75, 3.05) is 45.8 Å². The lowest BCUT2D eigenvalue weighted by atomic mass is 9.70. The van der Waals surface area contributed by atoms with Gasteiger partial charge in [-0.15, -0.1) is 0 Å². The number of fused-ring (bicyclic) bond motifs is 1. The van der Waals surface area contributed by atoms with Gasteiger partial charge in [0.25, 0.3) is 0 Å². The van der Waals surface area contributed by atoms with Gasteiger partial charge in [-0.3, -0.25) is 14.5 Å². The van der Waals surface area contributed by atoms with E-state index in [4.69, 9.17) is 0 Å². The molecule has 5 rings (SSSR count). The summed E-state index contributed by atoms with van der Waals surface area (Å²) in [4.78, 5) is 31.4. The van der Waals surface area contributed by atoms with Crippen LogP contribution in [0.25, 0.3) is 0 Å². The predicted octanol–water partition coefficient (Wildman–Crippen LogP) is 4.18. The van der Waals surface area contributed by atoms with Gasteiger partial charge in [0.15, 0.2) is 0 Å². The van der Waals surface area contributed by atoms with Crippen LogP contribution in [-0.2, 0) is 15.0 Å². The second kappa shape index (κ2) is 11.2. The molecule has 0 bridgehead atoms. The zero-order valence-corrected chi connectivity index (χ0v) is 23.1. The summed E-state index contributed by atoms with van der Waals surface area (Å²) in [5.41, 5.74) is 2.37. The first-order valence-electron chi connectivity index (χ1n) is 14.4. The zero-order chi connectivity index (χ0) is 27.8. The van der Waals surface area contributed by atoms with Crippen molar-refractivity contribution in [2.45, 2.75) is 63.6 Å². The lowest BCUT2D eigenvalue weighted by Gasteiger charge is -2.43. The number of alkyl halides is 3. The maximum atomic E-state index is 13.4. The highest BCUT2D eigenvalue weighted by molar-refractivity contribution is 5.81. The Morgan fingerprint density at radius 3 is 2.44 bits per heavy atom. The highest BCUT2D eigenvalue weighted by Crippen LogP contribution is 2.41.